The van der Waals surface area contributed by atoms with Crippen molar-refractivity contribution in [1.82, 2.24) is 9.97 Å². The minimum Gasteiger partial charge on any atom is -0.383 e. The van der Waals surface area contributed by atoms with Crippen LogP contribution in [-0.4, -0.2) is 9.97 Å². The molecule has 0 saturated heterocycles. The van der Waals surface area contributed by atoms with Crippen LogP contribution in [0.5, 0.6) is 0 Å². The zero-order valence-corrected chi connectivity index (χ0v) is 10.4. The molecule has 78 valence electrons. The van der Waals surface area contributed by atoms with Crippen molar-refractivity contribution in [3.63, 3.8) is 0 Å². The van der Waals surface area contributed by atoms with Crippen LogP contribution in [-0.2, 0) is 6.42 Å². The number of rotatable bonds is 2. The number of nitrogens with zero attached hydrogens (tertiary/aromatic N) is 2. The van der Waals surface area contributed by atoms with Gasteiger partial charge in [-0.3, -0.25) is 0 Å². The highest BCUT2D eigenvalue weighted by Gasteiger charge is 2.11. The zero-order valence-electron chi connectivity index (χ0n) is 8.84. The van der Waals surface area contributed by atoms with Gasteiger partial charge in [0.1, 0.15) is 11.6 Å². The first kappa shape index (κ1) is 11.4. The Labute approximate surface area is 93.3 Å². The second-order valence-electron chi connectivity index (χ2n) is 4.58. The first-order valence-electron chi connectivity index (χ1n) is 4.65. The van der Waals surface area contributed by atoms with Crippen molar-refractivity contribution < 1.29 is 0 Å². The maximum absolute atomic E-state index is 5.66. The summed E-state index contributed by atoms with van der Waals surface area (Å²) in [6.07, 6.45) is 3.65. The van der Waals surface area contributed by atoms with E-state index in [1.165, 1.54) is 0 Å². The average Bonchev–Trinajstić information content (AvgIpc) is 2.06. The highest BCUT2D eigenvalue weighted by atomic mass is 79.9. The van der Waals surface area contributed by atoms with Gasteiger partial charge in [-0.1, -0.05) is 20.8 Å². The van der Waals surface area contributed by atoms with Crippen LogP contribution in [0.25, 0.3) is 0 Å². The molecule has 0 aliphatic heterocycles. The van der Waals surface area contributed by atoms with E-state index in [1.54, 1.807) is 6.20 Å². The summed E-state index contributed by atoms with van der Waals surface area (Å²) in [7, 11) is 0. The van der Waals surface area contributed by atoms with Crippen molar-refractivity contribution in [1.29, 1.82) is 0 Å². The molecule has 0 unspecified atom stereocenters. The molecule has 3 nitrogen and oxygen atoms in total. The second-order valence-corrected chi connectivity index (χ2v) is 5.43. The number of nitrogens with two attached hydrogens (primary N) is 1. The van der Waals surface area contributed by atoms with Crippen LogP contribution in [0.1, 0.15) is 33.0 Å². The lowest BCUT2D eigenvalue weighted by atomic mass is 9.90. The molecule has 1 rings (SSSR count). The molecular weight excluding hydrogens is 242 g/mol. The summed E-state index contributed by atoms with van der Waals surface area (Å²) in [6, 6.07) is 0. The fraction of sp³-hybridized carbons (Fsp3) is 0.600. The molecule has 0 spiro atoms. The Morgan fingerprint density at radius 1 is 1.43 bits per heavy atom. The largest absolute Gasteiger partial charge is 0.383 e. The summed E-state index contributed by atoms with van der Waals surface area (Å²) >= 11 is 3.27. The lowest BCUT2D eigenvalue weighted by Gasteiger charge is -2.16. The second kappa shape index (κ2) is 4.26. The molecule has 4 heteroatoms. The average molecular weight is 258 g/mol. The van der Waals surface area contributed by atoms with Crippen molar-refractivity contribution in [3.8, 4) is 0 Å². The summed E-state index contributed by atoms with van der Waals surface area (Å²) in [5.74, 6) is 1.34. The fourth-order valence-corrected chi connectivity index (χ4v) is 1.22. The van der Waals surface area contributed by atoms with Gasteiger partial charge in [-0.15, -0.1) is 0 Å². The van der Waals surface area contributed by atoms with Crippen LogP contribution in [0.2, 0.25) is 0 Å². The van der Waals surface area contributed by atoms with Gasteiger partial charge < -0.3 is 5.73 Å². The minimum atomic E-state index is 0.311. The number of hydrogen-bond acceptors (Lipinski definition) is 3. The topological polar surface area (TPSA) is 51.8 Å². The number of hydrogen-bond donors (Lipinski definition) is 1. The van der Waals surface area contributed by atoms with Crippen LogP contribution in [0, 0.1) is 5.41 Å². The van der Waals surface area contributed by atoms with Gasteiger partial charge in [0.2, 0.25) is 0 Å². The van der Waals surface area contributed by atoms with Crippen LogP contribution < -0.4 is 5.73 Å². The Morgan fingerprint density at radius 3 is 2.57 bits per heavy atom. The van der Waals surface area contributed by atoms with Gasteiger partial charge in [0.05, 0.1) is 4.47 Å². The molecular formula is C10H16BrN3. The van der Waals surface area contributed by atoms with Gasteiger partial charge in [0.25, 0.3) is 0 Å². The van der Waals surface area contributed by atoms with E-state index in [2.05, 4.69) is 46.7 Å². The van der Waals surface area contributed by atoms with Crippen molar-refractivity contribution in [2.45, 2.75) is 33.6 Å². The Balaban J connectivity index is 2.65. The zero-order chi connectivity index (χ0) is 10.8. The third-order valence-electron chi connectivity index (χ3n) is 1.92. The molecule has 0 radical (unpaired) electrons. The summed E-state index contributed by atoms with van der Waals surface area (Å²) in [6.45, 7) is 6.61. The van der Waals surface area contributed by atoms with Gasteiger partial charge in [-0.25, -0.2) is 9.97 Å². The Bertz CT molecular complexity index is 318. The lowest BCUT2D eigenvalue weighted by Crippen LogP contribution is -2.09. The first-order chi connectivity index (χ1) is 6.38. The first-order valence-corrected chi connectivity index (χ1v) is 5.45. The van der Waals surface area contributed by atoms with Gasteiger partial charge in [-0.05, 0) is 27.8 Å². The number of nitrogen functional groups attached to an aromatic ring is 1. The van der Waals surface area contributed by atoms with Crippen LogP contribution in [0.4, 0.5) is 5.82 Å². The maximum atomic E-state index is 5.66. The highest BCUT2D eigenvalue weighted by Crippen LogP contribution is 2.21. The standard InChI is InChI=1S/C10H16BrN3/c1-10(2,3)5-4-8-13-6-7(11)9(12)14-8/h6H,4-5H2,1-3H3,(H2,12,13,14). The highest BCUT2D eigenvalue weighted by molar-refractivity contribution is 9.10. The van der Waals surface area contributed by atoms with Crippen LogP contribution >= 0.6 is 15.9 Å². The molecule has 0 bridgehead atoms. The molecule has 0 atom stereocenters. The molecule has 0 amide bonds. The van der Waals surface area contributed by atoms with E-state index in [0.717, 1.165) is 23.1 Å². The lowest BCUT2D eigenvalue weighted by molar-refractivity contribution is 0.374. The fourth-order valence-electron chi connectivity index (χ4n) is 1.03. The van der Waals surface area contributed by atoms with E-state index >= 15 is 0 Å². The molecule has 14 heavy (non-hydrogen) atoms. The van der Waals surface area contributed by atoms with Crippen LogP contribution in [0.3, 0.4) is 0 Å². The van der Waals surface area contributed by atoms with Gasteiger partial charge in [-0.2, -0.15) is 0 Å². The molecule has 1 heterocycles. The monoisotopic (exact) mass is 257 g/mol. The summed E-state index contributed by atoms with van der Waals surface area (Å²) in [4.78, 5) is 8.40. The van der Waals surface area contributed by atoms with Crippen molar-refractivity contribution in [2.75, 3.05) is 5.73 Å². The number of aromatic nitrogens is 2. The summed E-state index contributed by atoms with van der Waals surface area (Å²) < 4.78 is 0.761. The molecule has 1 aromatic rings. The van der Waals surface area contributed by atoms with E-state index in [4.69, 9.17) is 5.73 Å². The summed E-state index contributed by atoms with van der Waals surface area (Å²) in [5.41, 5.74) is 5.97. The molecule has 2 N–H and O–H groups in total. The van der Waals surface area contributed by atoms with E-state index in [-0.39, 0.29) is 0 Å². The number of anilines is 1. The van der Waals surface area contributed by atoms with E-state index in [9.17, 15) is 0 Å². The SMILES string of the molecule is CC(C)(C)CCc1ncc(Br)c(N)n1. The van der Waals surface area contributed by atoms with Gasteiger partial charge in [0.15, 0.2) is 0 Å². The van der Waals surface area contributed by atoms with Crippen LogP contribution in [0.15, 0.2) is 10.7 Å². The van der Waals surface area contributed by atoms with E-state index in [1.807, 2.05) is 0 Å². The quantitative estimate of drug-likeness (QED) is 0.887. The number of aryl methyl sites for hydroxylation is 1. The minimum absolute atomic E-state index is 0.311. The van der Waals surface area contributed by atoms with Crippen molar-refractivity contribution >= 4 is 21.7 Å². The van der Waals surface area contributed by atoms with Gasteiger partial charge in [0, 0.05) is 12.6 Å². The van der Waals surface area contributed by atoms with Crippen molar-refractivity contribution in [3.05, 3.63) is 16.5 Å². The molecule has 0 aliphatic rings. The Hall–Kier alpha value is -0.640. The Morgan fingerprint density at radius 2 is 2.07 bits per heavy atom. The third kappa shape index (κ3) is 3.62. The summed E-state index contributed by atoms with van der Waals surface area (Å²) in [5, 5.41) is 0. The molecule has 0 saturated carbocycles. The normalized spacial score (nSPS) is 11.7. The predicted molar refractivity (Wildman–Crippen MR) is 61.9 cm³/mol. The predicted octanol–water partition coefficient (Wildman–Crippen LogP) is 2.80. The Kier molecular flexibility index (Phi) is 3.48. The maximum Gasteiger partial charge on any atom is 0.141 e. The molecule has 0 aliphatic carbocycles. The van der Waals surface area contributed by atoms with E-state index in [0.29, 0.717) is 11.2 Å². The number of halogens is 1. The van der Waals surface area contributed by atoms with Gasteiger partial charge >= 0.3 is 0 Å². The van der Waals surface area contributed by atoms with E-state index < -0.39 is 0 Å². The molecule has 1 aromatic heterocycles. The smallest absolute Gasteiger partial charge is 0.141 e. The molecule has 0 aromatic carbocycles. The molecule has 0 fully saturated rings. The van der Waals surface area contributed by atoms with Crippen molar-refractivity contribution in [2.24, 2.45) is 5.41 Å². The third-order valence-corrected chi connectivity index (χ3v) is 2.53.